The fourth-order valence-electron chi connectivity index (χ4n) is 1.75. The Balaban J connectivity index is 2.04. The third-order valence-electron chi connectivity index (χ3n) is 3.11. The largest absolute Gasteiger partial charge is 0.478 e. The molecule has 0 aliphatic rings. The highest BCUT2D eigenvalue weighted by molar-refractivity contribution is 6.30. The normalized spacial score (nSPS) is 10.9. The molecule has 0 bridgehead atoms. The number of hydrogen-bond donors (Lipinski definition) is 2. The minimum atomic E-state index is -1.33. The molecular formula is C17H16ClNO4. The van der Waals surface area contributed by atoms with Gasteiger partial charge in [-0.1, -0.05) is 11.6 Å². The molecule has 5 nitrogen and oxygen atoms in total. The molecule has 0 spiro atoms. The van der Waals surface area contributed by atoms with Crippen molar-refractivity contribution in [3.05, 3.63) is 59.1 Å². The van der Waals surface area contributed by atoms with Crippen molar-refractivity contribution in [1.82, 2.24) is 0 Å². The Kier molecular flexibility index (Phi) is 4.91. The van der Waals surface area contributed by atoms with E-state index in [9.17, 15) is 9.59 Å². The molecule has 0 atom stereocenters. The number of anilines is 1. The van der Waals surface area contributed by atoms with E-state index in [-0.39, 0.29) is 5.91 Å². The first-order valence-corrected chi connectivity index (χ1v) is 7.25. The van der Waals surface area contributed by atoms with Crippen molar-refractivity contribution < 1.29 is 19.4 Å². The van der Waals surface area contributed by atoms with Gasteiger partial charge in [0.05, 0.1) is 0 Å². The first kappa shape index (κ1) is 16.8. The third kappa shape index (κ3) is 4.47. The van der Waals surface area contributed by atoms with Crippen LogP contribution in [0.5, 0.6) is 5.75 Å². The molecule has 0 aliphatic carbocycles. The molecule has 0 aliphatic heterocycles. The third-order valence-corrected chi connectivity index (χ3v) is 3.36. The Morgan fingerprint density at radius 2 is 1.61 bits per heavy atom. The summed E-state index contributed by atoms with van der Waals surface area (Å²) in [7, 11) is 0. The molecule has 2 aromatic rings. The van der Waals surface area contributed by atoms with Crippen molar-refractivity contribution in [1.29, 1.82) is 0 Å². The molecule has 0 saturated carbocycles. The van der Waals surface area contributed by atoms with E-state index in [2.05, 4.69) is 5.32 Å². The zero-order valence-corrected chi connectivity index (χ0v) is 13.4. The Morgan fingerprint density at radius 3 is 2.13 bits per heavy atom. The fourth-order valence-corrected chi connectivity index (χ4v) is 1.88. The number of carboxylic acids is 1. The number of rotatable bonds is 5. The van der Waals surface area contributed by atoms with E-state index in [0.717, 1.165) is 0 Å². The number of halogens is 1. The Bertz CT molecular complexity index is 708. The van der Waals surface area contributed by atoms with Crippen molar-refractivity contribution in [3.63, 3.8) is 0 Å². The summed E-state index contributed by atoms with van der Waals surface area (Å²) in [5.41, 5.74) is -0.263. The first-order valence-electron chi connectivity index (χ1n) is 6.87. The number of nitrogens with one attached hydrogen (secondary N) is 1. The molecule has 2 N–H and O–H groups in total. The summed E-state index contributed by atoms with van der Waals surface area (Å²) in [6, 6.07) is 13.0. The van der Waals surface area contributed by atoms with Crippen LogP contribution in [0.25, 0.3) is 0 Å². The number of carbonyl (C=O) groups excluding carboxylic acids is 1. The molecular weight excluding hydrogens is 318 g/mol. The first-order chi connectivity index (χ1) is 10.8. The maximum absolute atomic E-state index is 12.1. The highest BCUT2D eigenvalue weighted by atomic mass is 35.5. The highest BCUT2D eigenvalue weighted by Crippen LogP contribution is 2.21. The maximum Gasteiger partial charge on any atom is 0.347 e. The standard InChI is InChI=1S/C17H16ClNO4/c1-17(2,16(21)22)23-14-9-7-13(8-10-14)19-15(20)11-3-5-12(18)6-4-11/h3-10H,1-2H3,(H,19,20)(H,21,22). The van der Waals surface area contributed by atoms with Crippen molar-refractivity contribution in [3.8, 4) is 5.75 Å². The number of benzene rings is 2. The summed E-state index contributed by atoms with van der Waals surface area (Å²) in [6.07, 6.45) is 0. The lowest BCUT2D eigenvalue weighted by molar-refractivity contribution is -0.152. The molecule has 120 valence electrons. The van der Waals surface area contributed by atoms with Crippen LogP contribution in [0, 0.1) is 0 Å². The van der Waals surface area contributed by atoms with E-state index >= 15 is 0 Å². The Labute approximate surface area is 138 Å². The van der Waals surface area contributed by atoms with E-state index in [1.54, 1.807) is 48.5 Å². The van der Waals surface area contributed by atoms with Gasteiger partial charge in [0.2, 0.25) is 0 Å². The van der Waals surface area contributed by atoms with Gasteiger partial charge in [0.25, 0.3) is 5.91 Å². The van der Waals surface area contributed by atoms with Crippen molar-refractivity contribution in [2.45, 2.75) is 19.4 Å². The van der Waals surface area contributed by atoms with Gasteiger partial charge in [0.1, 0.15) is 5.75 Å². The zero-order valence-electron chi connectivity index (χ0n) is 12.7. The second-order valence-corrected chi connectivity index (χ2v) is 5.84. The lowest BCUT2D eigenvalue weighted by Gasteiger charge is -2.21. The van der Waals surface area contributed by atoms with Crippen LogP contribution in [-0.2, 0) is 4.79 Å². The van der Waals surface area contributed by atoms with Gasteiger partial charge in [-0.25, -0.2) is 4.79 Å². The maximum atomic E-state index is 12.1. The van der Waals surface area contributed by atoms with E-state index in [1.807, 2.05) is 0 Å². The molecule has 2 aromatic carbocycles. The second kappa shape index (κ2) is 6.71. The minimum absolute atomic E-state index is 0.263. The van der Waals surface area contributed by atoms with Crippen LogP contribution in [0.2, 0.25) is 5.02 Å². The SMILES string of the molecule is CC(C)(Oc1ccc(NC(=O)c2ccc(Cl)cc2)cc1)C(=O)O. The quantitative estimate of drug-likeness (QED) is 0.871. The molecule has 0 heterocycles. The number of amides is 1. The number of aliphatic carboxylic acids is 1. The summed E-state index contributed by atoms with van der Waals surface area (Å²) >= 11 is 5.78. The molecule has 6 heteroatoms. The smallest absolute Gasteiger partial charge is 0.347 e. The monoisotopic (exact) mass is 333 g/mol. The van der Waals surface area contributed by atoms with E-state index in [4.69, 9.17) is 21.4 Å². The molecule has 23 heavy (non-hydrogen) atoms. The van der Waals surface area contributed by atoms with Crippen LogP contribution in [0.3, 0.4) is 0 Å². The number of hydrogen-bond acceptors (Lipinski definition) is 3. The van der Waals surface area contributed by atoms with Crippen LogP contribution < -0.4 is 10.1 Å². The van der Waals surface area contributed by atoms with Gasteiger partial charge in [-0.3, -0.25) is 4.79 Å². The predicted octanol–water partition coefficient (Wildman–Crippen LogP) is 3.83. The Morgan fingerprint density at radius 1 is 1.04 bits per heavy atom. The minimum Gasteiger partial charge on any atom is -0.478 e. The lowest BCUT2D eigenvalue weighted by Crippen LogP contribution is -2.37. The lowest BCUT2D eigenvalue weighted by atomic mass is 10.1. The summed E-state index contributed by atoms with van der Waals surface area (Å²) in [5.74, 6) is -0.916. The van der Waals surface area contributed by atoms with Gasteiger partial charge in [0.15, 0.2) is 5.60 Å². The van der Waals surface area contributed by atoms with Crippen LogP contribution in [0.1, 0.15) is 24.2 Å². The molecule has 0 fully saturated rings. The summed E-state index contributed by atoms with van der Waals surface area (Å²) < 4.78 is 5.39. The van der Waals surface area contributed by atoms with Crippen molar-refractivity contribution in [2.75, 3.05) is 5.32 Å². The van der Waals surface area contributed by atoms with Crippen molar-refractivity contribution >= 4 is 29.2 Å². The summed E-state index contributed by atoms with van der Waals surface area (Å²) in [5, 5.41) is 12.3. The Hall–Kier alpha value is -2.53. The number of ether oxygens (including phenoxy) is 1. The van der Waals surface area contributed by atoms with Gasteiger partial charge in [-0.15, -0.1) is 0 Å². The van der Waals surface area contributed by atoms with E-state index in [0.29, 0.717) is 22.0 Å². The van der Waals surface area contributed by atoms with Gasteiger partial charge in [0, 0.05) is 16.3 Å². The topological polar surface area (TPSA) is 75.6 Å². The fraction of sp³-hybridized carbons (Fsp3) is 0.176. The van der Waals surface area contributed by atoms with Gasteiger partial charge in [-0.2, -0.15) is 0 Å². The van der Waals surface area contributed by atoms with Gasteiger partial charge < -0.3 is 15.2 Å². The van der Waals surface area contributed by atoms with E-state index < -0.39 is 11.6 Å². The van der Waals surface area contributed by atoms with Crippen molar-refractivity contribution in [2.24, 2.45) is 0 Å². The van der Waals surface area contributed by atoms with Gasteiger partial charge in [-0.05, 0) is 62.4 Å². The van der Waals surface area contributed by atoms with Crippen LogP contribution in [0.15, 0.2) is 48.5 Å². The van der Waals surface area contributed by atoms with Crippen LogP contribution in [0.4, 0.5) is 5.69 Å². The average molecular weight is 334 g/mol. The number of carboxylic acid groups (broad SMARTS) is 1. The van der Waals surface area contributed by atoms with Gasteiger partial charge >= 0.3 is 5.97 Å². The molecule has 0 saturated heterocycles. The second-order valence-electron chi connectivity index (χ2n) is 5.40. The average Bonchev–Trinajstić information content (AvgIpc) is 2.49. The molecule has 1 amide bonds. The molecule has 0 aromatic heterocycles. The van der Waals surface area contributed by atoms with Crippen LogP contribution in [-0.4, -0.2) is 22.6 Å². The molecule has 2 rings (SSSR count). The van der Waals surface area contributed by atoms with Crippen LogP contribution >= 0.6 is 11.6 Å². The summed E-state index contributed by atoms with van der Waals surface area (Å²) in [4.78, 5) is 23.1. The summed E-state index contributed by atoms with van der Waals surface area (Å²) in [6.45, 7) is 2.93. The number of carbonyl (C=O) groups is 2. The highest BCUT2D eigenvalue weighted by Gasteiger charge is 2.29. The molecule has 0 unspecified atom stereocenters. The van der Waals surface area contributed by atoms with E-state index in [1.165, 1.54) is 13.8 Å². The predicted molar refractivity (Wildman–Crippen MR) is 88.2 cm³/mol. The zero-order chi connectivity index (χ0) is 17.0. The molecule has 0 radical (unpaired) electrons.